The molecule has 140 valence electrons. The van der Waals surface area contributed by atoms with Crippen molar-refractivity contribution in [2.24, 2.45) is 0 Å². The normalized spacial score (nSPS) is 11.1. The van der Waals surface area contributed by atoms with Crippen molar-refractivity contribution in [3.63, 3.8) is 0 Å². The molecule has 1 aromatic carbocycles. The van der Waals surface area contributed by atoms with Gasteiger partial charge in [-0.3, -0.25) is 9.48 Å². The van der Waals surface area contributed by atoms with Crippen molar-refractivity contribution in [3.8, 4) is 10.6 Å². The SMILES string of the molecule is COCCCNC(=O)C=Cc1cn(Cc2ccccc2)nc1-c1cccs1. The number of nitrogens with one attached hydrogen (secondary N) is 1. The third-order valence-corrected chi connectivity index (χ3v) is 4.85. The summed E-state index contributed by atoms with van der Waals surface area (Å²) in [7, 11) is 1.65. The summed E-state index contributed by atoms with van der Waals surface area (Å²) < 4.78 is 6.90. The molecule has 0 saturated heterocycles. The average molecular weight is 382 g/mol. The lowest BCUT2D eigenvalue weighted by molar-refractivity contribution is -0.116. The first-order valence-corrected chi connectivity index (χ1v) is 9.74. The Morgan fingerprint density at radius 1 is 1.26 bits per heavy atom. The van der Waals surface area contributed by atoms with Crippen LogP contribution in [0.1, 0.15) is 17.5 Å². The molecule has 1 N–H and O–H groups in total. The zero-order chi connectivity index (χ0) is 18.9. The molecular formula is C21H23N3O2S. The third kappa shape index (κ3) is 5.64. The van der Waals surface area contributed by atoms with Gasteiger partial charge in [-0.1, -0.05) is 36.4 Å². The summed E-state index contributed by atoms with van der Waals surface area (Å²) in [4.78, 5) is 13.1. The number of methoxy groups -OCH3 is 1. The molecule has 0 atom stereocenters. The van der Waals surface area contributed by atoms with Crippen LogP contribution in [-0.4, -0.2) is 35.9 Å². The van der Waals surface area contributed by atoms with Crippen LogP contribution < -0.4 is 5.32 Å². The average Bonchev–Trinajstić information content (AvgIpc) is 3.34. The second kappa shape index (κ2) is 9.85. The molecule has 0 saturated carbocycles. The Hall–Kier alpha value is -2.70. The lowest BCUT2D eigenvalue weighted by Crippen LogP contribution is -2.22. The van der Waals surface area contributed by atoms with E-state index in [1.807, 2.05) is 52.7 Å². The van der Waals surface area contributed by atoms with Crippen LogP contribution in [0.25, 0.3) is 16.6 Å². The monoisotopic (exact) mass is 381 g/mol. The third-order valence-electron chi connectivity index (χ3n) is 3.97. The summed E-state index contributed by atoms with van der Waals surface area (Å²) in [6, 6.07) is 14.3. The van der Waals surface area contributed by atoms with Crippen molar-refractivity contribution in [1.29, 1.82) is 0 Å². The second-order valence-corrected chi connectivity index (χ2v) is 7.01. The highest BCUT2D eigenvalue weighted by atomic mass is 32.1. The Morgan fingerprint density at radius 2 is 2.11 bits per heavy atom. The zero-order valence-corrected chi connectivity index (χ0v) is 16.1. The molecule has 0 aliphatic carbocycles. The maximum atomic E-state index is 12.0. The molecule has 0 radical (unpaired) electrons. The van der Waals surface area contributed by atoms with Crippen LogP contribution in [-0.2, 0) is 16.1 Å². The van der Waals surface area contributed by atoms with Gasteiger partial charge in [0, 0.05) is 38.1 Å². The molecule has 0 unspecified atom stereocenters. The predicted molar refractivity (Wildman–Crippen MR) is 110 cm³/mol. The van der Waals surface area contributed by atoms with Crippen LogP contribution in [0.5, 0.6) is 0 Å². The van der Waals surface area contributed by atoms with Crippen molar-refractivity contribution < 1.29 is 9.53 Å². The van der Waals surface area contributed by atoms with Gasteiger partial charge in [0.1, 0.15) is 5.69 Å². The molecule has 0 bridgehead atoms. The molecule has 5 nitrogen and oxygen atoms in total. The number of amides is 1. The highest BCUT2D eigenvalue weighted by Gasteiger charge is 2.11. The fourth-order valence-electron chi connectivity index (χ4n) is 2.67. The van der Waals surface area contributed by atoms with E-state index in [9.17, 15) is 4.79 Å². The number of thiophene rings is 1. The van der Waals surface area contributed by atoms with E-state index in [-0.39, 0.29) is 5.91 Å². The highest BCUT2D eigenvalue weighted by Crippen LogP contribution is 2.27. The number of hydrogen-bond donors (Lipinski definition) is 1. The fourth-order valence-corrected chi connectivity index (χ4v) is 3.40. The molecule has 0 aliphatic heterocycles. The van der Waals surface area contributed by atoms with E-state index < -0.39 is 0 Å². The molecule has 2 aromatic heterocycles. The van der Waals surface area contributed by atoms with E-state index in [1.54, 1.807) is 24.5 Å². The van der Waals surface area contributed by atoms with Crippen molar-refractivity contribution >= 4 is 23.3 Å². The molecule has 2 heterocycles. The smallest absolute Gasteiger partial charge is 0.244 e. The van der Waals surface area contributed by atoms with E-state index in [2.05, 4.69) is 17.4 Å². The number of hydrogen-bond acceptors (Lipinski definition) is 4. The summed E-state index contributed by atoms with van der Waals surface area (Å²) in [6.45, 7) is 1.93. The van der Waals surface area contributed by atoms with Gasteiger partial charge in [0.15, 0.2) is 0 Å². The maximum Gasteiger partial charge on any atom is 0.244 e. The van der Waals surface area contributed by atoms with E-state index in [4.69, 9.17) is 9.84 Å². The van der Waals surface area contributed by atoms with Gasteiger partial charge in [-0.2, -0.15) is 5.10 Å². The van der Waals surface area contributed by atoms with Gasteiger partial charge < -0.3 is 10.1 Å². The zero-order valence-electron chi connectivity index (χ0n) is 15.3. The van der Waals surface area contributed by atoms with Crippen LogP contribution >= 0.6 is 11.3 Å². The van der Waals surface area contributed by atoms with Gasteiger partial charge in [0.05, 0.1) is 11.4 Å². The van der Waals surface area contributed by atoms with E-state index >= 15 is 0 Å². The topological polar surface area (TPSA) is 56.1 Å². The predicted octanol–water partition coefficient (Wildman–Crippen LogP) is 3.83. The standard InChI is InChI=1S/C21H23N3O2S/c1-26-13-6-12-22-20(25)11-10-18-16-24(15-17-7-3-2-4-8-17)23-21(18)19-9-5-14-27-19/h2-5,7-11,14,16H,6,12-13,15H2,1H3,(H,22,25). The molecule has 3 aromatic rings. The number of aromatic nitrogens is 2. The number of rotatable bonds is 9. The van der Waals surface area contributed by atoms with E-state index in [1.165, 1.54) is 5.56 Å². The molecule has 0 aliphatic rings. The first kappa shape index (κ1) is 19.1. The summed E-state index contributed by atoms with van der Waals surface area (Å²) >= 11 is 1.64. The summed E-state index contributed by atoms with van der Waals surface area (Å²) in [6.07, 6.45) is 6.17. The van der Waals surface area contributed by atoms with Crippen LogP contribution in [0.2, 0.25) is 0 Å². The maximum absolute atomic E-state index is 12.0. The lowest BCUT2D eigenvalue weighted by atomic mass is 10.2. The minimum atomic E-state index is -0.112. The Balaban J connectivity index is 1.74. The Labute approximate surface area is 163 Å². The van der Waals surface area contributed by atoms with Gasteiger partial charge >= 0.3 is 0 Å². The number of benzene rings is 1. The van der Waals surface area contributed by atoms with Crippen LogP contribution in [0.3, 0.4) is 0 Å². The summed E-state index contributed by atoms with van der Waals surface area (Å²) in [5.41, 5.74) is 3.01. The Bertz CT molecular complexity index is 870. The first-order chi connectivity index (χ1) is 13.3. The number of nitrogens with zero attached hydrogens (tertiary/aromatic N) is 2. The number of carbonyl (C=O) groups excluding carboxylic acids is 1. The minimum Gasteiger partial charge on any atom is -0.385 e. The van der Waals surface area contributed by atoms with Gasteiger partial charge in [-0.25, -0.2) is 0 Å². The van der Waals surface area contributed by atoms with Crippen LogP contribution in [0, 0.1) is 0 Å². The molecule has 27 heavy (non-hydrogen) atoms. The van der Waals surface area contributed by atoms with E-state index in [0.717, 1.165) is 22.6 Å². The molecule has 3 rings (SSSR count). The Kier molecular flexibility index (Phi) is 6.96. The minimum absolute atomic E-state index is 0.112. The second-order valence-electron chi connectivity index (χ2n) is 6.06. The van der Waals surface area contributed by atoms with Gasteiger partial charge in [-0.05, 0) is 29.5 Å². The largest absolute Gasteiger partial charge is 0.385 e. The number of ether oxygens (including phenoxy) is 1. The van der Waals surface area contributed by atoms with Crippen molar-refractivity contribution in [2.45, 2.75) is 13.0 Å². The highest BCUT2D eigenvalue weighted by molar-refractivity contribution is 7.13. The quantitative estimate of drug-likeness (QED) is 0.453. The molecular weight excluding hydrogens is 358 g/mol. The number of carbonyl (C=O) groups is 1. The molecule has 6 heteroatoms. The van der Waals surface area contributed by atoms with Gasteiger partial charge in [0.2, 0.25) is 5.91 Å². The van der Waals surface area contributed by atoms with Crippen LogP contribution in [0.4, 0.5) is 0 Å². The summed E-state index contributed by atoms with van der Waals surface area (Å²) in [5.74, 6) is -0.112. The van der Waals surface area contributed by atoms with Crippen LogP contribution in [0.15, 0.2) is 60.1 Å². The Morgan fingerprint density at radius 3 is 2.85 bits per heavy atom. The molecule has 0 fully saturated rings. The lowest BCUT2D eigenvalue weighted by Gasteiger charge is -2.00. The van der Waals surface area contributed by atoms with E-state index in [0.29, 0.717) is 19.7 Å². The molecule has 0 spiro atoms. The molecule has 1 amide bonds. The van der Waals surface area contributed by atoms with Crippen molar-refractivity contribution in [2.75, 3.05) is 20.3 Å². The van der Waals surface area contributed by atoms with Crippen molar-refractivity contribution in [3.05, 3.63) is 71.2 Å². The van der Waals surface area contributed by atoms with Gasteiger partial charge in [-0.15, -0.1) is 11.3 Å². The fraction of sp³-hybridized carbons (Fsp3) is 0.238. The first-order valence-electron chi connectivity index (χ1n) is 8.86. The van der Waals surface area contributed by atoms with Gasteiger partial charge in [0.25, 0.3) is 0 Å². The van der Waals surface area contributed by atoms with Crippen molar-refractivity contribution in [1.82, 2.24) is 15.1 Å². The summed E-state index contributed by atoms with van der Waals surface area (Å²) in [5, 5.41) is 9.63.